The molecular formula is C105H141Cl3N8Na2O29S2. The number of carboxylic acid groups (broad SMARTS) is 4. The van der Waals surface area contributed by atoms with Crippen LogP contribution >= 0.6 is 33.8 Å². The van der Waals surface area contributed by atoms with Gasteiger partial charge in [0.2, 0.25) is 15.1 Å². The molecule has 0 heterocycles. The zero-order valence-electron chi connectivity index (χ0n) is 91.2. The number of aliphatic hydroxyl groups excluding tert-OH is 1. The maximum absolute atomic E-state index is 11.8. The number of anilines is 2. The number of ether oxygens (including phenoxy) is 6. The van der Waals surface area contributed by atoms with Crippen LogP contribution in [-0.4, -0.2) is 172 Å². The smallest absolute Gasteiger partial charge is 0.870 e. The van der Waals surface area contributed by atoms with Crippen molar-refractivity contribution in [1.82, 2.24) is 6.15 Å². The summed E-state index contributed by atoms with van der Waals surface area (Å²) in [5.74, 6) is -7.19. The minimum Gasteiger partial charge on any atom is -0.870 e. The Labute approximate surface area is 936 Å². The van der Waals surface area contributed by atoms with Crippen molar-refractivity contribution in [2.24, 2.45) is 5.73 Å². The molecule has 2 amide bonds. The number of aliphatic hydroxyl groups is 1. The summed E-state index contributed by atoms with van der Waals surface area (Å²) in [5.41, 5.74) is 21.9. The average molecular weight is 2200 g/mol. The number of esters is 5. The standard InChI is InChI=1S/C16H22N2O2.C14H18O4.C13H17NO3.C13H15NO2.C13H16O4.C12H13NO2.C12H14O4.C11H14N2.CH4O.Cl2OS.ClH.H3N.2Na.H2O4S.2H2O/c1-15(2,3)12-7-11(10-17)8-13(9-12)18-14(19)20-16(4,5)6;1-14(2,3)11-7-9(12(15)17-4)6-10(8-11)13(16)18-5;1-13(2,3)10-6-8(11(14)15)5-9(7-10)12(16)17-4;1-13(2,3)11-6-9(8-14)5-10(7-11)12(15)16-4;1-13(2,3)10-6-8(11(14)15)5-9(7-10)12(16)17-4;1-12(2,3)10-5-8(7-13)4-9(6-10)11(14)15;1-12(2,3)9-5-7(10(13)14)4-8(6-9)11(15)16;1-11(2,3)9-4-8(7-12)5-10(13)6-9;1-2;1-4(2)3;;;;;1-5(2,3)4;;/h7-9H,1-6H3,(H,18,19);6-8H,1-5H3;5-7H,1-4H3,(H2,14,15);5-7H,1-4H3;5-7H,1-4H3,(H,14,15);4-6H,1-3H3,(H,14,15);4-6H,1-3H3,(H,13,14)(H,15,16);4-6H,13H2,1-3H3;2H,1H3;;1H;1H3;;;(H2,1,2,3,4);2*1H2/q;;;;;;;;;;;;2*+1;;;/p-2. The third-order valence-electron chi connectivity index (χ3n) is 19.0. The van der Waals surface area contributed by atoms with Gasteiger partial charge in [-0.25, -0.2) is 52.2 Å². The number of nitrogens with zero attached hydrogens (tertiary/aromatic N) is 4. The van der Waals surface area contributed by atoms with Crippen LogP contribution in [0.3, 0.4) is 0 Å². The molecule has 17 N–H and O–H groups in total. The number of amides is 2. The molecule has 810 valence electrons. The Morgan fingerprint density at radius 1 is 0.329 bits per heavy atom. The number of primary amides is 1. The van der Waals surface area contributed by atoms with E-state index in [0.717, 1.165) is 46.1 Å². The Morgan fingerprint density at radius 2 is 0.497 bits per heavy atom. The van der Waals surface area contributed by atoms with Gasteiger partial charge in [-0.2, -0.15) is 29.5 Å². The van der Waals surface area contributed by atoms with E-state index in [0.29, 0.717) is 67.0 Å². The molecule has 0 spiro atoms. The molecule has 44 heteroatoms. The molecule has 0 aromatic heterocycles. The summed E-state index contributed by atoms with van der Waals surface area (Å²) in [4.78, 5) is 124. The largest absolute Gasteiger partial charge is 1.00 e. The number of carbonyl (C=O) groups excluding carboxylic acids is 7. The number of carboxylic acids is 4. The van der Waals surface area contributed by atoms with Crippen molar-refractivity contribution in [2.45, 2.75) is 236 Å². The Balaban J connectivity index is -0.000000211. The second kappa shape index (κ2) is 68.1. The molecule has 0 aliphatic carbocycles. The van der Waals surface area contributed by atoms with Crippen molar-refractivity contribution in [1.29, 1.82) is 21.0 Å². The molecule has 0 aliphatic heterocycles. The van der Waals surface area contributed by atoms with Gasteiger partial charge in [0.05, 0.1) is 132 Å². The number of aromatic carboxylic acids is 4. The van der Waals surface area contributed by atoms with Crippen molar-refractivity contribution in [3.63, 3.8) is 0 Å². The molecule has 8 rings (SSSR count). The fraction of sp³-hybridized carbons (Fsp3) is 0.400. The summed E-state index contributed by atoms with van der Waals surface area (Å²) < 4.78 is 69.1. The molecule has 0 unspecified atom stereocenters. The number of rotatable bonds is 11. The Morgan fingerprint density at radius 3 is 0.711 bits per heavy atom. The van der Waals surface area contributed by atoms with Gasteiger partial charge in [-0.15, -0.1) is 12.4 Å². The second-order valence-corrected chi connectivity index (χ2v) is 43.6. The first-order chi connectivity index (χ1) is 64.9. The third kappa shape index (κ3) is 61.8. The number of nitrogens with two attached hydrogens (primary N) is 2. The fourth-order valence-corrected chi connectivity index (χ4v) is 11.1. The van der Waals surface area contributed by atoms with Crippen LogP contribution in [0.4, 0.5) is 16.2 Å². The second-order valence-electron chi connectivity index (χ2n) is 40.2. The SMILES string of the molecule is CC(C)(C)OC(=O)Nc1cc(C#N)cc(C(C)(C)C)c1.CC(C)(C)c1cc(C#N)cc(C(=O)O)c1.CC(C)(C)c1cc(C(=O)O)cc(C(=O)O)c1.CC(C)(C)c1cc(N)cc(C#N)c1.CO.COC(=O)c1cc(C#N)cc(C(C)(C)C)c1.COC(=O)c1cc(C(=O)O)cc(C(C)(C)C)c1.COC(=O)c1cc(C(=O)OC)cc(C(C)(C)C)c1.COC(=O)c1cc(C(N)=O)cc(C(C)(C)C)c1.Cl.N.O=S(=O)(O)O.O=S(Cl)Cl.[Na+].[Na+].[OH-].[OH-]. The van der Waals surface area contributed by atoms with Gasteiger partial charge in [0.25, 0.3) is 0 Å². The topological polar surface area (TPSA) is 690 Å². The number of nitrogen functional groups attached to an aromatic ring is 1. The molecule has 0 bridgehead atoms. The third-order valence-corrected chi connectivity index (χ3v) is 19.0. The quantitative estimate of drug-likeness (QED) is 0.0143. The molecule has 0 radical (unpaired) electrons. The number of hydrogen-bond donors (Lipinski definition) is 11. The fourth-order valence-electron chi connectivity index (χ4n) is 11.1. The number of nitriles is 4. The Kier molecular flexibility index (Phi) is 70.8. The number of methoxy groups -OCH3 is 5. The Hall–Kier alpha value is -11.8. The van der Waals surface area contributed by atoms with Gasteiger partial charge in [-0.1, -0.05) is 166 Å². The summed E-state index contributed by atoms with van der Waals surface area (Å²) in [6.45, 7) is 53.5. The number of halogens is 3. The normalized spacial score (nSPS) is 10.5. The zero-order valence-corrected chi connectivity index (χ0v) is 99.1. The zero-order chi connectivity index (χ0) is 113. The van der Waals surface area contributed by atoms with E-state index in [1.165, 1.54) is 78.0 Å². The molecule has 0 atom stereocenters. The first-order valence-electron chi connectivity index (χ1n) is 43.1. The molecule has 8 aromatic carbocycles. The molecule has 0 fully saturated rings. The molecule has 0 saturated heterocycles. The number of benzene rings is 8. The van der Waals surface area contributed by atoms with Crippen molar-refractivity contribution < 1.29 is 198 Å². The van der Waals surface area contributed by atoms with Gasteiger partial charge in [0.15, 0.2) is 0 Å². The van der Waals surface area contributed by atoms with Gasteiger partial charge >= 0.3 is 129 Å². The molecule has 37 nitrogen and oxygen atoms in total. The number of nitrogens with one attached hydrogen (secondary N) is 1. The van der Waals surface area contributed by atoms with Crippen LogP contribution in [0, 0.1) is 45.3 Å². The maximum atomic E-state index is 11.8. The molecule has 0 aliphatic rings. The predicted octanol–water partition coefficient (Wildman–Crippen LogP) is 15.4. The number of hydrogen-bond acceptors (Lipinski definition) is 29. The van der Waals surface area contributed by atoms with E-state index in [-0.39, 0.29) is 160 Å². The predicted molar refractivity (Wildman–Crippen MR) is 566 cm³/mol. The van der Waals surface area contributed by atoms with Gasteiger partial charge in [0, 0.05) is 45.4 Å². The average Bonchev–Trinajstić information content (AvgIpc) is 0.817. The van der Waals surface area contributed by atoms with Gasteiger partial charge in [-0.05, 0) is 254 Å². The van der Waals surface area contributed by atoms with Crippen LogP contribution in [0.2, 0.25) is 0 Å². The van der Waals surface area contributed by atoms with Crippen LogP contribution in [-0.2, 0) is 91.4 Å². The maximum Gasteiger partial charge on any atom is 1.00 e. The van der Waals surface area contributed by atoms with E-state index in [9.17, 15) is 52.7 Å². The van der Waals surface area contributed by atoms with E-state index in [1.54, 1.807) is 99.6 Å². The van der Waals surface area contributed by atoms with Crippen LogP contribution in [0.25, 0.3) is 0 Å². The van der Waals surface area contributed by atoms with E-state index < -0.39 is 91.0 Å². The number of carbonyl (C=O) groups is 11. The molecular weight excluding hydrogens is 2050 g/mol. The van der Waals surface area contributed by atoms with Gasteiger partial charge in [-0.3, -0.25) is 19.2 Å². The summed E-state index contributed by atoms with van der Waals surface area (Å²) in [5, 5.41) is 80.9. The van der Waals surface area contributed by atoms with Gasteiger partial charge in [0.1, 0.15) is 5.60 Å². The van der Waals surface area contributed by atoms with E-state index in [2.05, 4.69) is 110 Å². The van der Waals surface area contributed by atoms with Crippen LogP contribution in [0.1, 0.15) is 357 Å². The van der Waals surface area contributed by atoms with E-state index in [4.69, 9.17) is 84.5 Å². The summed E-state index contributed by atoms with van der Waals surface area (Å²) in [6.07, 6.45) is -0.521. The van der Waals surface area contributed by atoms with Crippen LogP contribution in [0.5, 0.6) is 0 Å². The summed E-state index contributed by atoms with van der Waals surface area (Å²) in [7, 11) is 10.2. The van der Waals surface area contributed by atoms with E-state index >= 15 is 0 Å². The van der Waals surface area contributed by atoms with Crippen molar-refractivity contribution >= 4 is 130 Å². The molecule has 8 aromatic rings. The van der Waals surface area contributed by atoms with Gasteiger partial charge < -0.3 is 82.5 Å². The Bertz CT molecular complexity index is 6000. The van der Waals surface area contributed by atoms with Crippen LogP contribution in [0.15, 0.2) is 146 Å². The first-order valence-corrected chi connectivity index (χ1v) is 47.3. The summed E-state index contributed by atoms with van der Waals surface area (Å²) >= 11 is 0. The van der Waals surface area contributed by atoms with Crippen molar-refractivity contribution in [3.8, 4) is 24.3 Å². The first kappa shape index (κ1) is 155. The van der Waals surface area contributed by atoms with E-state index in [1.807, 2.05) is 155 Å². The van der Waals surface area contributed by atoms with Crippen molar-refractivity contribution in [2.75, 3.05) is 53.7 Å². The molecule has 0 saturated carbocycles. The van der Waals surface area contributed by atoms with Crippen molar-refractivity contribution in [3.05, 3.63) is 268 Å². The molecule has 149 heavy (non-hydrogen) atoms. The summed E-state index contributed by atoms with van der Waals surface area (Å²) in [6, 6.07) is 47.5. The minimum absolute atomic E-state index is 0. The minimum atomic E-state index is -4.67. The monoisotopic (exact) mass is 2190 g/mol. The van der Waals surface area contributed by atoms with Crippen LogP contribution < -0.4 is 82.0 Å².